The standard InChI is InChI=1S/C21H24N6O2/c1-13-8-21(25-14(2)24-13)27-20-10-19(22-12-23-20)26-17-5-4-15(9-18(17)28-3)16-6-7-29-11-16/h4-5,8-10,12,16H,6-7,11H2,1-3H3,(H2,22,23,24,25,26,27). The highest BCUT2D eigenvalue weighted by Crippen LogP contribution is 2.33. The lowest BCUT2D eigenvalue weighted by Gasteiger charge is -2.15. The van der Waals surface area contributed by atoms with Crippen LogP contribution in [0.15, 0.2) is 36.7 Å². The molecule has 1 unspecified atom stereocenters. The van der Waals surface area contributed by atoms with Gasteiger partial charge >= 0.3 is 0 Å². The minimum Gasteiger partial charge on any atom is -0.495 e. The van der Waals surface area contributed by atoms with Crippen LogP contribution < -0.4 is 15.4 Å². The Morgan fingerprint density at radius 1 is 1.00 bits per heavy atom. The van der Waals surface area contributed by atoms with Gasteiger partial charge in [0.05, 0.1) is 19.4 Å². The topological polar surface area (TPSA) is 94.1 Å². The van der Waals surface area contributed by atoms with E-state index in [1.54, 1.807) is 7.11 Å². The quantitative estimate of drug-likeness (QED) is 0.653. The van der Waals surface area contributed by atoms with E-state index < -0.39 is 0 Å². The number of rotatable bonds is 6. The number of benzene rings is 1. The third-order valence-electron chi connectivity index (χ3n) is 4.78. The van der Waals surface area contributed by atoms with E-state index in [0.29, 0.717) is 29.2 Å². The zero-order valence-electron chi connectivity index (χ0n) is 16.8. The second kappa shape index (κ2) is 8.40. The van der Waals surface area contributed by atoms with Crippen molar-refractivity contribution in [2.45, 2.75) is 26.2 Å². The van der Waals surface area contributed by atoms with Crippen LogP contribution in [0.5, 0.6) is 5.75 Å². The third-order valence-corrected chi connectivity index (χ3v) is 4.78. The normalized spacial score (nSPS) is 15.9. The Labute approximate surface area is 169 Å². The van der Waals surface area contributed by atoms with Crippen LogP contribution >= 0.6 is 0 Å². The maximum atomic E-state index is 5.59. The van der Waals surface area contributed by atoms with Crippen molar-refractivity contribution < 1.29 is 9.47 Å². The molecular weight excluding hydrogens is 368 g/mol. The number of nitrogens with zero attached hydrogens (tertiary/aromatic N) is 4. The van der Waals surface area contributed by atoms with Gasteiger partial charge in [-0.05, 0) is 38.0 Å². The highest BCUT2D eigenvalue weighted by Gasteiger charge is 2.19. The lowest BCUT2D eigenvalue weighted by atomic mass is 9.98. The second-order valence-corrected chi connectivity index (χ2v) is 7.00. The summed E-state index contributed by atoms with van der Waals surface area (Å²) in [7, 11) is 1.67. The first-order valence-corrected chi connectivity index (χ1v) is 9.55. The van der Waals surface area contributed by atoms with Crippen molar-refractivity contribution >= 4 is 23.1 Å². The molecule has 0 saturated carbocycles. The molecule has 1 aliphatic rings. The molecule has 8 nitrogen and oxygen atoms in total. The molecule has 1 aromatic carbocycles. The van der Waals surface area contributed by atoms with E-state index in [0.717, 1.165) is 36.8 Å². The first kappa shape index (κ1) is 19.1. The van der Waals surface area contributed by atoms with Crippen LogP contribution in [0.4, 0.5) is 23.1 Å². The van der Waals surface area contributed by atoms with Gasteiger partial charge in [-0.15, -0.1) is 0 Å². The largest absolute Gasteiger partial charge is 0.495 e. The van der Waals surface area contributed by atoms with E-state index in [4.69, 9.17) is 9.47 Å². The number of anilines is 4. The average Bonchev–Trinajstić information content (AvgIpc) is 3.22. The fourth-order valence-corrected chi connectivity index (χ4v) is 3.41. The summed E-state index contributed by atoms with van der Waals surface area (Å²) in [6.45, 7) is 5.37. The van der Waals surface area contributed by atoms with Crippen LogP contribution in [0.25, 0.3) is 0 Å². The van der Waals surface area contributed by atoms with Gasteiger partial charge in [0, 0.05) is 30.4 Å². The van der Waals surface area contributed by atoms with Gasteiger partial charge in [0.1, 0.15) is 35.4 Å². The predicted molar refractivity (Wildman–Crippen MR) is 111 cm³/mol. The highest BCUT2D eigenvalue weighted by atomic mass is 16.5. The lowest BCUT2D eigenvalue weighted by molar-refractivity contribution is 0.194. The van der Waals surface area contributed by atoms with Crippen molar-refractivity contribution in [1.82, 2.24) is 19.9 Å². The molecule has 150 valence electrons. The monoisotopic (exact) mass is 392 g/mol. The Balaban J connectivity index is 1.53. The second-order valence-electron chi connectivity index (χ2n) is 7.00. The summed E-state index contributed by atoms with van der Waals surface area (Å²) in [6.07, 6.45) is 2.54. The molecule has 3 aromatic rings. The van der Waals surface area contributed by atoms with Crippen molar-refractivity contribution in [3.63, 3.8) is 0 Å². The van der Waals surface area contributed by atoms with Crippen LogP contribution in [-0.4, -0.2) is 40.3 Å². The van der Waals surface area contributed by atoms with Gasteiger partial charge in [-0.3, -0.25) is 0 Å². The van der Waals surface area contributed by atoms with Gasteiger partial charge in [0.25, 0.3) is 0 Å². The smallest absolute Gasteiger partial charge is 0.142 e. The summed E-state index contributed by atoms with van der Waals surface area (Å²) < 4.78 is 11.1. The van der Waals surface area contributed by atoms with Crippen LogP contribution in [0.1, 0.15) is 29.4 Å². The van der Waals surface area contributed by atoms with Crippen LogP contribution in [0.2, 0.25) is 0 Å². The maximum absolute atomic E-state index is 5.59. The molecule has 2 N–H and O–H groups in total. The Kier molecular flexibility index (Phi) is 5.53. The summed E-state index contributed by atoms with van der Waals surface area (Å²) in [6, 6.07) is 9.88. The molecule has 4 rings (SSSR count). The van der Waals surface area contributed by atoms with Gasteiger partial charge in [-0.25, -0.2) is 19.9 Å². The minimum absolute atomic E-state index is 0.424. The number of aromatic nitrogens is 4. The van der Waals surface area contributed by atoms with Crippen molar-refractivity contribution in [3.05, 3.63) is 53.7 Å². The molecule has 0 amide bonds. The van der Waals surface area contributed by atoms with E-state index in [2.05, 4.69) is 42.7 Å². The minimum atomic E-state index is 0.424. The third kappa shape index (κ3) is 4.60. The fourth-order valence-electron chi connectivity index (χ4n) is 3.41. The number of hydrogen-bond acceptors (Lipinski definition) is 8. The number of aryl methyl sites for hydroxylation is 2. The molecule has 2 aromatic heterocycles. The first-order chi connectivity index (χ1) is 14.1. The van der Waals surface area contributed by atoms with E-state index in [1.165, 1.54) is 11.9 Å². The number of ether oxygens (including phenoxy) is 2. The Morgan fingerprint density at radius 3 is 2.55 bits per heavy atom. The van der Waals surface area contributed by atoms with Crippen LogP contribution in [0, 0.1) is 13.8 Å². The van der Waals surface area contributed by atoms with Gasteiger partial charge < -0.3 is 20.1 Å². The van der Waals surface area contributed by atoms with E-state index in [-0.39, 0.29) is 0 Å². The molecule has 0 radical (unpaired) electrons. The first-order valence-electron chi connectivity index (χ1n) is 9.55. The molecule has 1 aliphatic heterocycles. The molecule has 1 atom stereocenters. The molecule has 0 aliphatic carbocycles. The number of methoxy groups -OCH3 is 1. The number of hydrogen-bond donors (Lipinski definition) is 2. The molecule has 3 heterocycles. The van der Waals surface area contributed by atoms with Crippen LogP contribution in [0.3, 0.4) is 0 Å². The van der Waals surface area contributed by atoms with Crippen molar-refractivity contribution in [2.75, 3.05) is 31.0 Å². The Morgan fingerprint density at radius 2 is 1.83 bits per heavy atom. The molecule has 0 bridgehead atoms. The van der Waals surface area contributed by atoms with Crippen molar-refractivity contribution in [1.29, 1.82) is 0 Å². The molecule has 1 saturated heterocycles. The molecule has 0 spiro atoms. The predicted octanol–water partition coefficient (Wildman–Crippen LogP) is 3.88. The van der Waals surface area contributed by atoms with Gasteiger partial charge in [0.15, 0.2) is 0 Å². The molecule has 29 heavy (non-hydrogen) atoms. The molecule has 1 fully saturated rings. The highest BCUT2D eigenvalue weighted by molar-refractivity contribution is 5.67. The van der Waals surface area contributed by atoms with Gasteiger partial charge in [-0.2, -0.15) is 0 Å². The van der Waals surface area contributed by atoms with Gasteiger partial charge in [0.2, 0.25) is 0 Å². The maximum Gasteiger partial charge on any atom is 0.142 e. The lowest BCUT2D eigenvalue weighted by Crippen LogP contribution is -2.03. The Bertz CT molecular complexity index is 984. The van der Waals surface area contributed by atoms with E-state index in [9.17, 15) is 0 Å². The summed E-state index contributed by atoms with van der Waals surface area (Å²) in [5, 5.41) is 6.51. The molecule has 8 heteroatoms. The Hall–Kier alpha value is -3.26. The average molecular weight is 392 g/mol. The van der Waals surface area contributed by atoms with E-state index in [1.807, 2.05) is 32.0 Å². The fraction of sp³-hybridized carbons (Fsp3) is 0.333. The zero-order valence-corrected chi connectivity index (χ0v) is 16.8. The van der Waals surface area contributed by atoms with Crippen molar-refractivity contribution in [3.8, 4) is 5.75 Å². The zero-order chi connectivity index (χ0) is 20.2. The van der Waals surface area contributed by atoms with Crippen molar-refractivity contribution in [2.24, 2.45) is 0 Å². The summed E-state index contributed by atoms with van der Waals surface area (Å²) >= 11 is 0. The summed E-state index contributed by atoms with van der Waals surface area (Å²) in [5.41, 5.74) is 2.96. The molecular formula is C21H24N6O2. The SMILES string of the molecule is COc1cc(C2CCOC2)ccc1Nc1cc(Nc2cc(C)nc(C)n2)ncn1. The van der Waals surface area contributed by atoms with Crippen LogP contribution in [-0.2, 0) is 4.74 Å². The summed E-state index contributed by atoms with van der Waals surface area (Å²) in [5.74, 6) is 3.88. The number of nitrogens with one attached hydrogen (secondary N) is 2. The van der Waals surface area contributed by atoms with Gasteiger partial charge in [-0.1, -0.05) is 6.07 Å². The van der Waals surface area contributed by atoms with E-state index >= 15 is 0 Å². The summed E-state index contributed by atoms with van der Waals surface area (Å²) in [4.78, 5) is 17.3.